The van der Waals surface area contributed by atoms with Crippen molar-refractivity contribution in [2.24, 2.45) is 0 Å². The second kappa shape index (κ2) is 10.2. The molecular formula is C17H26O4. The van der Waals surface area contributed by atoms with Crippen LogP contribution in [0.1, 0.15) is 56.3 Å². The molecule has 0 saturated heterocycles. The highest BCUT2D eigenvalue weighted by molar-refractivity contribution is 5.89. The highest BCUT2D eigenvalue weighted by Crippen LogP contribution is 2.11. The van der Waals surface area contributed by atoms with Crippen LogP contribution in [0.25, 0.3) is 0 Å². The second-order valence-corrected chi connectivity index (χ2v) is 5.11. The normalized spacial score (nSPS) is 12.1. The Balaban J connectivity index is 2.27. The number of phenolic OH excluding ortho intramolecular Hbond substituents is 1. The van der Waals surface area contributed by atoms with E-state index in [4.69, 9.17) is 9.47 Å². The fraction of sp³-hybridized carbons (Fsp3) is 0.588. The van der Waals surface area contributed by atoms with Crippen LogP contribution in [0.2, 0.25) is 0 Å². The van der Waals surface area contributed by atoms with Crippen molar-refractivity contribution in [3.8, 4) is 5.75 Å². The molecular weight excluding hydrogens is 268 g/mol. The van der Waals surface area contributed by atoms with Gasteiger partial charge in [-0.3, -0.25) is 0 Å². The lowest BCUT2D eigenvalue weighted by molar-refractivity contribution is -0.0106. The van der Waals surface area contributed by atoms with Gasteiger partial charge >= 0.3 is 5.97 Å². The number of hydrogen-bond donors (Lipinski definition) is 1. The summed E-state index contributed by atoms with van der Waals surface area (Å²) in [5, 5.41) is 9.18. The number of benzene rings is 1. The van der Waals surface area contributed by atoms with Gasteiger partial charge in [0.05, 0.1) is 11.7 Å². The Hall–Kier alpha value is -1.55. The highest BCUT2D eigenvalue weighted by Gasteiger charge is 2.12. The first-order chi connectivity index (χ1) is 10.2. The van der Waals surface area contributed by atoms with Crippen LogP contribution in [0.4, 0.5) is 0 Å². The quantitative estimate of drug-likeness (QED) is 0.525. The van der Waals surface area contributed by atoms with Crippen LogP contribution in [0.15, 0.2) is 24.3 Å². The summed E-state index contributed by atoms with van der Waals surface area (Å²) in [6.45, 7) is 5.18. The second-order valence-electron chi connectivity index (χ2n) is 5.11. The molecule has 1 atom stereocenters. The van der Waals surface area contributed by atoms with Crippen LogP contribution >= 0.6 is 0 Å². The van der Waals surface area contributed by atoms with Crippen LogP contribution < -0.4 is 0 Å². The van der Waals surface area contributed by atoms with E-state index in [0.717, 1.165) is 19.4 Å². The first-order valence-corrected chi connectivity index (χ1v) is 7.75. The van der Waals surface area contributed by atoms with Gasteiger partial charge in [0.25, 0.3) is 0 Å². The molecule has 0 aliphatic heterocycles. The summed E-state index contributed by atoms with van der Waals surface area (Å²) in [6.07, 6.45) is 5.44. The van der Waals surface area contributed by atoms with E-state index in [0.29, 0.717) is 5.56 Å². The average Bonchev–Trinajstić information content (AvgIpc) is 2.50. The van der Waals surface area contributed by atoms with Gasteiger partial charge in [-0.05, 0) is 37.1 Å². The zero-order chi connectivity index (χ0) is 15.5. The molecule has 0 amide bonds. The standard InChI is InChI=1S/C17H26O4/c1-3-5-6-7-12-20-16(4-2)13-21-17(19)14-8-10-15(18)11-9-14/h8-11,16,18H,3-7,12-13H2,1-2H3. The van der Waals surface area contributed by atoms with E-state index < -0.39 is 0 Å². The van der Waals surface area contributed by atoms with Crippen molar-refractivity contribution >= 4 is 5.97 Å². The molecule has 0 fully saturated rings. The van der Waals surface area contributed by atoms with Crippen molar-refractivity contribution in [1.29, 1.82) is 0 Å². The minimum Gasteiger partial charge on any atom is -0.508 e. The number of carbonyl (C=O) groups excluding carboxylic acids is 1. The molecule has 1 unspecified atom stereocenters. The van der Waals surface area contributed by atoms with Crippen LogP contribution in [0.5, 0.6) is 5.75 Å². The van der Waals surface area contributed by atoms with Crippen molar-refractivity contribution in [1.82, 2.24) is 0 Å². The van der Waals surface area contributed by atoms with Gasteiger partial charge in [0.1, 0.15) is 12.4 Å². The van der Waals surface area contributed by atoms with Crippen molar-refractivity contribution < 1.29 is 19.4 Å². The van der Waals surface area contributed by atoms with Gasteiger partial charge in [-0.2, -0.15) is 0 Å². The predicted molar refractivity (Wildman–Crippen MR) is 82.6 cm³/mol. The Kier molecular flexibility index (Phi) is 8.51. The Labute approximate surface area is 127 Å². The van der Waals surface area contributed by atoms with Crippen molar-refractivity contribution in [3.05, 3.63) is 29.8 Å². The van der Waals surface area contributed by atoms with Gasteiger partial charge in [-0.1, -0.05) is 33.1 Å². The molecule has 1 rings (SSSR count). The van der Waals surface area contributed by atoms with Crippen LogP contribution in [-0.2, 0) is 9.47 Å². The summed E-state index contributed by atoms with van der Waals surface area (Å²) in [5.74, 6) is -0.253. The van der Waals surface area contributed by atoms with Gasteiger partial charge in [0.2, 0.25) is 0 Å². The molecule has 0 saturated carbocycles. The first-order valence-electron chi connectivity index (χ1n) is 7.75. The zero-order valence-electron chi connectivity index (χ0n) is 13.0. The number of unbranched alkanes of at least 4 members (excludes halogenated alkanes) is 3. The topological polar surface area (TPSA) is 55.8 Å². The molecule has 0 aromatic heterocycles. The summed E-state index contributed by atoms with van der Waals surface area (Å²) >= 11 is 0. The number of aromatic hydroxyl groups is 1. The van der Waals surface area contributed by atoms with Gasteiger partial charge in [-0.25, -0.2) is 4.79 Å². The van der Waals surface area contributed by atoms with Crippen LogP contribution in [-0.4, -0.2) is 30.4 Å². The molecule has 0 radical (unpaired) electrons. The molecule has 1 aromatic carbocycles. The monoisotopic (exact) mass is 294 g/mol. The minimum atomic E-state index is -0.386. The van der Waals surface area contributed by atoms with E-state index in [1.807, 2.05) is 6.92 Å². The van der Waals surface area contributed by atoms with Crippen LogP contribution in [0, 0.1) is 0 Å². The fourth-order valence-electron chi connectivity index (χ4n) is 1.91. The maximum atomic E-state index is 11.8. The molecule has 4 nitrogen and oxygen atoms in total. The van der Waals surface area contributed by atoms with E-state index in [1.54, 1.807) is 12.1 Å². The lowest BCUT2D eigenvalue weighted by Gasteiger charge is -2.16. The van der Waals surface area contributed by atoms with Crippen LogP contribution in [0.3, 0.4) is 0 Å². The third-order valence-electron chi connectivity index (χ3n) is 3.31. The molecule has 1 aromatic rings. The van der Waals surface area contributed by atoms with E-state index >= 15 is 0 Å². The molecule has 0 bridgehead atoms. The van der Waals surface area contributed by atoms with Gasteiger partial charge in [-0.15, -0.1) is 0 Å². The summed E-state index contributed by atoms with van der Waals surface area (Å²) in [7, 11) is 0. The van der Waals surface area contributed by atoms with Crippen molar-refractivity contribution in [2.45, 2.75) is 52.1 Å². The molecule has 0 aliphatic rings. The Morgan fingerprint density at radius 2 is 1.86 bits per heavy atom. The number of rotatable bonds is 10. The van der Waals surface area contributed by atoms with E-state index in [9.17, 15) is 9.90 Å². The van der Waals surface area contributed by atoms with Crippen molar-refractivity contribution in [2.75, 3.05) is 13.2 Å². The van der Waals surface area contributed by atoms with Gasteiger partial charge in [0.15, 0.2) is 0 Å². The van der Waals surface area contributed by atoms with E-state index in [1.165, 1.54) is 31.4 Å². The summed E-state index contributed by atoms with van der Waals surface area (Å²) < 4.78 is 11.0. The SMILES string of the molecule is CCCCCCOC(CC)COC(=O)c1ccc(O)cc1. The summed E-state index contributed by atoms with van der Waals surface area (Å²) in [4.78, 5) is 11.8. The number of hydrogen-bond acceptors (Lipinski definition) is 4. The van der Waals surface area contributed by atoms with Crippen molar-refractivity contribution in [3.63, 3.8) is 0 Å². The molecule has 4 heteroatoms. The Morgan fingerprint density at radius 1 is 1.14 bits per heavy atom. The Morgan fingerprint density at radius 3 is 2.48 bits per heavy atom. The number of carbonyl (C=O) groups is 1. The molecule has 1 N–H and O–H groups in total. The first kappa shape index (κ1) is 17.5. The summed E-state index contributed by atoms with van der Waals surface area (Å²) in [5.41, 5.74) is 0.436. The minimum absolute atomic E-state index is 0.0484. The Bertz CT molecular complexity index is 400. The molecule has 118 valence electrons. The summed E-state index contributed by atoms with van der Waals surface area (Å²) in [6, 6.07) is 6.03. The van der Waals surface area contributed by atoms with E-state index in [-0.39, 0.29) is 24.4 Å². The zero-order valence-corrected chi connectivity index (χ0v) is 13.0. The molecule has 0 spiro atoms. The number of esters is 1. The largest absolute Gasteiger partial charge is 0.508 e. The molecule has 0 heterocycles. The smallest absolute Gasteiger partial charge is 0.338 e. The predicted octanol–water partition coefficient (Wildman–Crippen LogP) is 3.92. The van der Waals surface area contributed by atoms with Gasteiger partial charge in [0, 0.05) is 6.61 Å². The maximum absolute atomic E-state index is 11.8. The molecule has 0 aliphatic carbocycles. The highest BCUT2D eigenvalue weighted by atomic mass is 16.6. The van der Waals surface area contributed by atoms with Gasteiger partial charge < -0.3 is 14.6 Å². The van der Waals surface area contributed by atoms with E-state index in [2.05, 4.69) is 6.92 Å². The lowest BCUT2D eigenvalue weighted by Crippen LogP contribution is -2.22. The molecule has 21 heavy (non-hydrogen) atoms. The third-order valence-corrected chi connectivity index (χ3v) is 3.31. The fourth-order valence-corrected chi connectivity index (χ4v) is 1.91. The lowest BCUT2D eigenvalue weighted by atomic mass is 10.2. The average molecular weight is 294 g/mol. The number of phenols is 1. The number of ether oxygens (including phenoxy) is 2. The third kappa shape index (κ3) is 7.14. The maximum Gasteiger partial charge on any atom is 0.338 e.